The van der Waals surface area contributed by atoms with Crippen molar-refractivity contribution in [3.63, 3.8) is 0 Å². The van der Waals surface area contributed by atoms with Crippen LogP contribution in [0.5, 0.6) is 0 Å². The third kappa shape index (κ3) is 3.25. The summed E-state index contributed by atoms with van der Waals surface area (Å²) >= 11 is 0. The number of imidazole rings is 1. The van der Waals surface area contributed by atoms with Crippen molar-refractivity contribution in [1.82, 2.24) is 24.1 Å². The van der Waals surface area contributed by atoms with E-state index >= 15 is 0 Å². The van der Waals surface area contributed by atoms with Crippen LogP contribution in [0.3, 0.4) is 0 Å². The van der Waals surface area contributed by atoms with Crippen molar-refractivity contribution in [2.45, 2.75) is 12.6 Å². The molecule has 0 amide bonds. The minimum atomic E-state index is -0.462. The van der Waals surface area contributed by atoms with Crippen molar-refractivity contribution in [1.29, 1.82) is 0 Å². The quantitative estimate of drug-likeness (QED) is 0.525. The number of carbonyl (C=O) groups excluding carboxylic acids is 1. The number of fused-ring (bicyclic) bond motifs is 1. The summed E-state index contributed by atoms with van der Waals surface area (Å²) < 4.78 is 9.24. The Kier molecular flexibility index (Phi) is 3.96. The molecule has 3 heterocycles. The number of pyridine rings is 1. The molecule has 0 saturated carbocycles. The topological polar surface area (TPSA) is 74.3 Å². The fourth-order valence-corrected chi connectivity index (χ4v) is 2.62. The van der Waals surface area contributed by atoms with Gasteiger partial charge in [0.25, 0.3) is 0 Å². The first-order chi connectivity index (χ1) is 12.3. The molecule has 7 heteroatoms. The van der Waals surface area contributed by atoms with Gasteiger partial charge in [0.05, 0.1) is 30.1 Å². The largest absolute Gasteiger partial charge is 0.452 e. The van der Waals surface area contributed by atoms with Gasteiger partial charge in [-0.3, -0.25) is 0 Å². The number of nitrogens with zero attached hydrogens (tertiary/aromatic N) is 5. The summed E-state index contributed by atoms with van der Waals surface area (Å²) in [7, 11) is 0. The minimum absolute atomic E-state index is 0.391. The normalized spacial score (nSPS) is 12.2. The van der Waals surface area contributed by atoms with E-state index < -0.39 is 12.1 Å². The zero-order valence-electron chi connectivity index (χ0n) is 13.3. The highest BCUT2D eigenvalue weighted by atomic mass is 16.5. The van der Waals surface area contributed by atoms with Crippen molar-refractivity contribution in [3.05, 3.63) is 85.0 Å². The Bertz CT molecular complexity index is 979. The molecular formula is C18H15N5O2. The summed E-state index contributed by atoms with van der Waals surface area (Å²) in [5.74, 6) is -0.391. The molecule has 4 aromatic rings. The van der Waals surface area contributed by atoms with E-state index in [0.29, 0.717) is 12.1 Å². The van der Waals surface area contributed by atoms with E-state index in [1.165, 1.54) is 6.33 Å². The molecule has 4 rings (SSSR count). The lowest BCUT2D eigenvalue weighted by atomic mass is 10.1. The first-order valence-electron chi connectivity index (χ1n) is 7.80. The summed E-state index contributed by atoms with van der Waals surface area (Å²) in [5.41, 5.74) is 2.21. The highest BCUT2D eigenvalue weighted by Gasteiger charge is 2.19. The second-order valence-electron chi connectivity index (χ2n) is 5.56. The Balaban J connectivity index is 1.59. The maximum atomic E-state index is 12.6. The number of hydrogen-bond acceptors (Lipinski definition) is 5. The van der Waals surface area contributed by atoms with Crippen LogP contribution in [0, 0.1) is 0 Å². The van der Waals surface area contributed by atoms with E-state index in [-0.39, 0.29) is 0 Å². The van der Waals surface area contributed by atoms with Gasteiger partial charge in [-0.15, -0.1) is 0 Å². The molecule has 0 aliphatic rings. The fraction of sp³-hybridized carbons (Fsp3) is 0.111. The zero-order valence-corrected chi connectivity index (χ0v) is 13.3. The van der Waals surface area contributed by atoms with Gasteiger partial charge >= 0.3 is 5.97 Å². The average Bonchev–Trinajstić information content (AvgIpc) is 3.32. The van der Waals surface area contributed by atoms with Crippen LogP contribution in [0.1, 0.15) is 22.0 Å². The molecule has 3 aromatic heterocycles. The lowest BCUT2D eigenvalue weighted by Gasteiger charge is -2.18. The van der Waals surface area contributed by atoms with Crippen LogP contribution in [-0.4, -0.2) is 30.1 Å². The van der Waals surface area contributed by atoms with E-state index in [4.69, 9.17) is 4.74 Å². The lowest BCUT2D eigenvalue weighted by molar-refractivity contribution is 0.0246. The van der Waals surface area contributed by atoms with Gasteiger partial charge in [0.15, 0.2) is 0 Å². The zero-order chi connectivity index (χ0) is 17.1. The Labute approximate surface area is 143 Å². The Morgan fingerprint density at radius 2 is 2.00 bits per heavy atom. The minimum Gasteiger partial charge on any atom is -0.452 e. The second-order valence-corrected chi connectivity index (χ2v) is 5.56. The van der Waals surface area contributed by atoms with Crippen LogP contribution in [0.2, 0.25) is 0 Å². The summed E-state index contributed by atoms with van der Waals surface area (Å²) in [5, 5.41) is 4.10. The number of hydrogen-bond donors (Lipinski definition) is 0. The smallest absolute Gasteiger partial charge is 0.338 e. The van der Waals surface area contributed by atoms with Crippen LogP contribution in [0.25, 0.3) is 5.52 Å². The molecule has 0 bridgehead atoms. The first kappa shape index (κ1) is 15.1. The number of aromatic nitrogens is 5. The van der Waals surface area contributed by atoms with Crippen LogP contribution in [0.4, 0.5) is 0 Å². The lowest BCUT2D eigenvalue weighted by Crippen LogP contribution is -2.17. The standard InChI is InChI=1S/C18H15N5O2/c24-18(15-6-7-22-12-19-9-16(22)8-15)25-17(10-23-13-20-11-21-23)14-4-2-1-3-5-14/h1-9,11-13,17H,10H2/t17-/m0/s1. The van der Waals surface area contributed by atoms with Gasteiger partial charge in [-0.25, -0.2) is 19.4 Å². The molecule has 0 radical (unpaired) electrons. The Hall–Kier alpha value is -3.48. The highest BCUT2D eigenvalue weighted by Crippen LogP contribution is 2.21. The van der Waals surface area contributed by atoms with Crippen molar-refractivity contribution in [2.24, 2.45) is 0 Å². The van der Waals surface area contributed by atoms with E-state index in [9.17, 15) is 4.79 Å². The SMILES string of the molecule is O=C(O[C@@H](Cn1cncn1)c1ccccc1)c1ccn2cncc2c1. The number of carbonyl (C=O) groups is 1. The van der Waals surface area contributed by atoms with E-state index in [1.54, 1.807) is 41.9 Å². The van der Waals surface area contributed by atoms with Gasteiger partial charge in [-0.1, -0.05) is 30.3 Å². The maximum Gasteiger partial charge on any atom is 0.338 e. The van der Waals surface area contributed by atoms with Crippen molar-refractivity contribution in [2.75, 3.05) is 0 Å². The molecule has 7 nitrogen and oxygen atoms in total. The molecule has 124 valence electrons. The van der Waals surface area contributed by atoms with E-state index in [0.717, 1.165) is 11.1 Å². The predicted octanol–water partition coefficient (Wildman–Crippen LogP) is 2.52. The summed E-state index contributed by atoms with van der Waals surface area (Å²) in [6, 6.07) is 13.1. The third-order valence-electron chi connectivity index (χ3n) is 3.89. The molecule has 1 atom stereocenters. The third-order valence-corrected chi connectivity index (χ3v) is 3.89. The van der Waals surface area contributed by atoms with Crippen molar-refractivity contribution in [3.8, 4) is 0 Å². The second kappa shape index (κ2) is 6.56. The first-order valence-corrected chi connectivity index (χ1v) is 7.80. The highest BCUT2D eigenvalue weighted by molar-refractivity contribution is 5.90. The summed E-state index contributed by atoms with van der Waals surface area (Å²) in [6.45, 7) is 0.394. The molecular weight excluding hydrogens is 318 g/mol. The molecule has 0 unspecified atom stereocenters. The van der Waals surface area contributed by atoms with Crippen LogP contribution < -0.4 is 0 Å². The molecule has 0 N–H and O–H groups in total. The van der Waals surface area contributed by atoms with Gasteiger partial charge in [-0.05, 0) is 17.7 Å². The van der Waals surface area contributed by atoms with Gasteiger partial charge in [0, 0.05) is 6.20 Å². The van der Waals surface area contributed by atoms with Gasteiger partial charge in [0.2, 0.25) is 0 Å². The molecule has 0 spiro atoms. The van der Waals surface area contributed by atoms with Crippen LogP contribution >= 0.6 is 0 Å². The average molecular weight is 333 g/mol. The monoisotopic (exact) mass is 333 g/mol. The van der Waals surface area contributed by atoms with Gasteiger partial charge in [0.1, 0.15) is 18.8 Å². The Morgan fingerprint density at radius 1 is 1.12 bits per heavy atom. The number of esters is 1. The van der Waals surface area contributed by atoms with Gasteiger partial charge in [-0.2, -0.15) is 5.10 Å². The summed E-state index contributed by atoms with van der Waals surface area (Å²) in [6.07, 6.45) is 7.76. The molecule has 0 fully saturated rings. The van der Waals surface area contributed by atoms with E-state index in [1.807, 2.05) is 34.7 Å². The number of rotatable bonds is 5. The van der Waals surface area contributed by atoms with Crippen LogP contribution in [-0.2, 0) is 11.3 Å². The molecule has 0 aliphatic carbocycles. The Morgan fingerprint density at radius 3 is 2.80 bits per heavy atom. The number of ether oxygens (including phenoxy) is 1. The molecule has 0 saturated heterocycles. The van der Waals surface area contributed by atoms with Gasteiger partial charge < -0.3 is 9.14 Å². The molecule has 1 aromatic carbocycles. The van der Waals surface area contributed by atoms with Crippen molar-refractivity contribution < 1.29 is 9.53 Å². The summed E-state index contributed by atoms with van der Waals surface area (Å²) in [4.78, 5) is 20.6. The molecule has 25 heavy (non-hydrogen) atoms. The fourth-order valence-electron chi connectivity index (χ4n) is 2.62. The maximum absolute atomic E-state index is 12.6. The van der Waals surface area contributed by atoms with Crippen molar-refractivity contribution >= 4 is 11.5 Å². The molecule has 0 aliphatic heterocycles. The van der Waals surface area contributed by atoms with E-state index in [2.05, 4.69) is 15.1 Å². The number of benzene rings is 1. The predicted molar refractivity (Wildman–Crippen MR) is 89.8 cm³/mol. The van der Waals surface area contributed by atoms with Crippen LogP contribution in [0.15, 0.2) is 73.8 Å².